The third-order valence-electron chi connectivity index (χ3n) is 5.38. The number of sulfonamides is 1. The van der Waals surface area contributed by atoms with Gasteiger partial charge in [-0.2, -0.15) is 9.57 Å². The summed E-state index contributed by atoms with van der Waals surface area (Å²) in [5.74, 6) is 0.211. The number of piperidine rings is 1. The molecule has 0 radical (unpaired) electrons. The summed E-state index contributed by atoms with van der Waals surface area (Å²) in [5.41, 5.74) is 1.04. The van der Waals surface area contributed by atoms with Crippen molar-refractivity contribution in [3.05, 3.63) is 70.8 Å². The monoisotopic (exact) mass is 408 g/mol. The average Bonchev–Trinajstić information content (AvgIpc) is 2.76. The molecule has 2 aromatic carbocycles. The van der Waals surface area contributed by atoms with Crippen LogP contribution in [0.2, 0.25) is 0 Å². The first-order chi connectivity index (χ1) is 14.0. The van der Waals surface area contributed by atoms with Gasteiger partial charge in [0.05, 0.1) is 33.8 Å². The van der Waals surface area contributed by atoms with E-state index in [0.29, 0.717) is 48.9 Å². The van der Waals surface area contributed by atoms with Crippen molar-refractivity contribution in [1.29, 1.82) is 5.26 Å². The fraction of sp³-hybridized carbons (Fsp3) is 0.286. The van der Waals surface area contributed by atoms with Crippen LogP contribution in [0.3, 0.4) is 0 Å². The molecule has 0 aliphatic carbocycles. The molecule has 3 aromatic rings. The van der Waals surface area contributed by atoms with Crippen LogP contribution < -0.4 is 5.56 Å². The molecule has 7 nitrogen and oxygen atoms in total. The molecule has 0 saturated carbocycles. The van der Waals surface area contributed by atoms with E-state index in [1.807, 2.05) is 24.3 Å². The Bertz CT molecular complexity index is 1240. The van der Waals surface area contributed by atoms with E-state index < -0.39 is 10.0 Å². The lowest BCUT2D eigenvalue weighted by molar-refractivity contribution is 0.251. The molecule has 29 heavy (non-hydrogen) atoms. The summed E-state index contributed by atoms with van der Waals surface area (Å²) in [6, 6.07) is 15.2. The van der Waals surface area contributed by atoms with Gasteiger partial charge in [-0.25, -0.2) is 13.4 Å². The van der Waals surface area contributed by atoms with Crippen LogP contribution in [-0.4, -0.2) is 35.4 Å². The van der Waals surface area contributed by atoms with Gasteiger partial charge in [-0.05, 0) is 55.2 Å². The van der Waals surface area contributed by atoms with Crippen molar-refractivity contribution in [2.24, 2.45) is 5.92 Å². The fourth-order valence-corrected chi connectivity index (χ4v) is 5.17. The number of fused-ring (bicyclic) bond motifs is 1. The summed E-state index contributed by atoms with van der Waals surface area (Å²) in [5, 5.41) is 9.46. The van der Waals surface area contributed by atoms with E-state index in [1.54, 1.807) is 17.0 Å². The predicted molar refractivity (Wildman–Crippen MR) is 109 cm³/mol. The first-order valence-electron chi connectivity index (χ1n) is 9.43. The summed E-state index contributed by atoms with van der Waals surface area (Å²) in [4.78, 5) is 17.2. The Morgan fingerprint density at radius 3 is 2.45 bits per heavy atom. The van der Waals surface area contributed by atoms with Crippen LogP contribution in [-0.2, 0) is 16.6 Å². The van der Waals surface area contributed by atoms with E-state index in [-0.39, 0.29) is 16.4 Å². The molecule has 1 fully saturated rings. The molecule has 4 rings (SSSR count). The van der Waals surface area contributed by atoms with E-state index in [4.69, 9.17) is 5.26 Å². The van der Waals surface area contributed by atoms with E-state index >= 15 is 0 Å². The zero-order chi connectivity index (χ0) is 20.4. The molecule has 1 saturated heterocycles. The molecule has 1 aromatic heterocycles. The molecule has 0 atom stereocenters. The number of nitrogens with zero attached hydrogens (tertiary/aromatic N) is 4. The number of hydrogen-bond acceptors (Lipinski definition) is 5. The molecule has 0 bridgehead atoms. The van der Waals surface area contributed by atoms with E-state index in [0.717, 1.165) is 0 Å². The number of para-hydroxylation sites is 1. The van der Waals surface area contributed by atoms with Crippen LogP contribution in [0.15, 0.2) is 64.5 Å². The van der Waals surface area contributed by atoms with Crippen LogP contribution in [0, 0.1) is 17.2 Å². The minimum Gasteiger partial charge on any atom is -0.298 e. The molecule has 148 valence electrons. The molecule has 0 amide bonds. The second kappa shape index (κ2) is 7.78. The van der Waals surface area contributed by atoms with Crippen LogP contribution in [0.1, 0.15) is 18.4 Å². The summed E-state index contributed by atoms with van der Waals surface area (Å²) in [7, 11) is -3.58. The van der Waals surface area contributed by atoms with Crippen LogP contribution >= 0.6 is 0 Å². The van der Waals surface area contributed by atoms with Gasteiger partial charge >= 0.3 is 0 Å². The highest BCUT2D eigenvalue weighted by Gasteiger charge is 2.29. The Kier molecular flexibility index (Phi) is 5.18. The summed E-state index contributed by atoms with van der Waals surface area (Å²) >= 11 is 0. The van der Waals surface area contributed by atoms with Gasteiger partial charge in [0, 0.05) is 19.6 Å². The molecule has 8 heteroatoms. The van der Waals surface area contributed by atoms with Gasteiger partial charge in [0.25, 0.3) is 5.56 Å². The van der Waals surface area contributed by atoms with Crippen molar-refractivity contribution in [3.63, 3.8) is 0 Å². The Hall–Kier alpha value is -3.02. The lowest BCUT2D eigenvalue weighted by atomic mass is 9.98. The van der Waals surface area contributed by atoms with Crippen molar-refractivity contribution < 1.29 is 8.42 Å². The maximum Gasteiger partial charge on any atom is 0.261 e. The summed E-state index contributed by atoms with van der Waals surface area (Å²) < 4.78 is 28.8. The largest absolute Gasteiger partial charge is 0.298 e. The maximum atomic E-state index is 12.8. The van der Waals surface area contributed by atoms with Gasteiger partial charge in [-0.15, -0.1) is 0 Å². The first kappa shape index (κ1) is 19.3. The highest BCUT2D eigenvalue weighted by Crippen LogP contribution is 2.25. The Morgan fingerprint density at radius 2 is 1.76 bits per heavy atom. The molecule has 0 N–H and O–H groups in total. The predicted octanol–water partition coefficient (Wildman–Crippen LogP) is 2.37. The molecular weight excluding hydrogens is 388 g/mol. The van der Waals surface area contributed by atoms with Gasteiger partial charge in [0.2, 0.25) is 10.0 Å². The number of nitriles is 1. The van der Waals surface area contributed by atoms with Gasteiger partial charge in [0.15, 0.2) is 0 Å². The molecule has 1 aliphatic rings. The Morgan fingerprint density at radius 1 is 1.07 bits per heavy atom. The third-order valence-corrected chi connectivity index (χ3v) is 7.29. The smallest absolute Gasteiger partial charge is 0.261 e. The molecule has 0 unspecified atom stereocenters. The Labute approximate surface area is 168 Å². The average molecular weight is 408 g/mol. The number of benzene rings is 2. The molecular formula is C21H20N4O3S. The topological polar surface area (TPSA) is 96.1 Å². The second-order valence-electron chi connectivity index (χ2n) is 7.20. The van der Waals surface area contributed by atoms with Crippen molar-refractivity contribution in [2.75, 3.05) is 13.1 Å². The van der Waals surface area contributed by atoms with Crippen molar-refractivity contribution in [3.8, 4) is 6.07 Å². The number of hydrogen-bond donors (Lipinski definition) is 0. The van der Waals surface area contributed by atoms with E-state index in [2.05, 4.69) is 4.98 Å². The molecule has 1 aliphatic heterocycles. The first-order valence-corrected chi connectivity index (χ1v) is 10.9. The molecule has 2 heterocycles. The van der Waals surface area contributed by atoms with E-state index in [1.165, 1.54) is 28.6 Å². The highest BCUT2D eigenvalue weighted by atomic mass is 32.2. The zero-order valence-electron chi connectivity index (χ0n) is 15.7. The third kappa shape index (κ3) is 3.79. The quantitative estimate of drug-likeness (QED) is 0.660. The lowest BCUT2D eigenvalue weighted by Crippen LogP contribution is -2.40. The second-order valence-corrected chi connectivity index (χ2v) is 9.14. The van der Waals surface area contributed by atoms with Crippen molar-refractivity contribution >= 4 is 20.9 Å². The van der Waals surface area contributed by atoms with Gasteiger partial charge in [-0.1, -0.05) is 12.1 Å². The minimum atomic E-state index is -3.58. The van der Waals surface area contributed by atoms with Crippen LogP contribution in [0.25, 0.3) is 10.9 Å². The van der Waals surface area contributed by atoms with Crippen LogP contribution in [0.4, 0.5) is 0 Å². The molecule has 0 spiro atoms. The number of rotatable bonds is 4. The van der Waals surface area contributed by atoms with Crippen molar-refractivity contribution in [2.45, 2.75) is 24.3 Å². The zero-order valence-corrected chi connectivity index (χ0v) is 16.5. The fourth-order valence-electron chi connectivity index (χ4n) is 3.70. The maximum absolute atomic E-state index is 12.8. The van der Waals surface area contributed by atoms with Gasteiger partial charge < -0.3 is 0 Å². The van der Waals surface area contributed by atoms with Gasteiger partial charge in [-0.3, -0.25) is 9.36 Å². The Balaban J connectivity index is 1.45. The SMILES string of the molecule is N#Cc1ccc(S(=O)(=O)N2CCC(Cn3cnc4ccccc4c3=O)CC2)cc1. The van der Waals surface area contributed by atoms with Crippen molar-refractivity contribution in [1.82, 2.24) is 13.9 Å². The minimum absolute atomic E-state index is 0.0665. The summed E-state index contributed by atoms with van der Waals surface area (Å²) in [6.45, 7) is 1.34. The van der Waals surface area contributed by atoms with Crippen LogP contribution in [0.5, 0.6) is 0 Å². The normalized spacial score (nSPS) is 16.0. The summed E-state index contributed by atoms with van der Waals surface area (Å²) in [6.07, 6.45) is 2.92. The standard InChI is InChI=1S/C21H20N4O3S/c22-13-16-5-7-18(8-6-16)29(27,28)25-11-9-17(10-12-25)14-24-15-23-20-4-2-1-3-19(20)21(24)26/h1-8,15,17H,9-12,14H2. The number of aromatic nitrogens is 2. The highest BCUT2D eigenvalue weighted by molar-refractivity contribution is 7.89. The van der Waals surface area contributed by atoms with E-state index in [9.17, 15) is 13.2 Å². The lowest BCUT2D eigenvalue weighted by Gasteiger charge is -2.31. The van der Waals surface area contributed by atoms with Gasteiger partial charge in [0.1, 0.15) is 0 Å².